The number of ketones is 1. The minimum Gasteiger partial charge on any atom is -0.381 e. The minimum atomic E-state index is -0.608. The summed E-state index contributed by atoms with van der Waals surface area (Å²) in [5, 5.41) is 0. The molecule has 3 rings (SSSR count). The predicted molar refractivity (Wildman–Crippen MR) is 106 cm³/mol. The number of hydrogen-bond donors (Lipinski definition) is 1. The highest BCUT2D eigenvalue weighted by atomic mass is 32.1. The number of rotatable bonds is 6. The van der Waals surface area contributed by atoms with E-state index in [9.17, 15) is 9.18 Å². The van der Waals surface area contributed by atoms with Gasteiger partial charge in [-0.3, -0.25) is 4.79 Å². The van der Waals surface area contributed by atoms with Crippen LogP contribution in [0.15, 0.2) is 47.4 Å². The Morgan fingerprint density at radius 1 is 1.26 bits per heavy atom. The largest absolute Gasteiger partial charge is 0.381 e. The molecule has 1 heterocycles. The van der Waals surface area contributed by atoms with Crippen LogP contribution in [0.2, 0.25) is 0 Å². The SMILES string of the molecule is COC1(c2cc(F)cc(S)c2CC(C)C(=O)c2ccccc2)CCOCC1. The second-order valence-corrected chi connectivity index (χ2v) is 7.58. The summed E-state index contributed by atoms with van der Waals surface area (Å²) in [7, 11) is 1.65. The van der Waals surface area contributed by atoms with Gasteiger partial charge in [-0.15, -0.1) is 12.6 Å². The van der Waals surface area contributed by atoms with Crippen LogP contribution >= 0.6 is 12.6 Å². The van der Waals surface area contributed by atoms with Crippen molar-refractivity contribution >= 4 is 18.4 Å². The number of carbonyl (C=O) groups excluding carboxylic acids is 1. The molecule has 2 aromatic rings. The smallest absolute Gasteiger partial charge is 0.165 e. The van der Waals surface area contributed by atoms with Gasteiger partial charge in [-0.2, -0.15) is 0 Å². The van der Waals surface area contributed by atoms with Crippen molar-refractivity contribution in [3.8, 4) is 0 Å². The minimum absolute atomic E-state index is 0.0667. The van der Waals surface area contributed by atoms with E-state index in [4.69, 9.17) is 9.47 Å². The monoisotopic (exact) mass is 388 g/mol. The van der Waals surface area contributed by atoms with E-state index in [2.05, 4.69) is 12.6 Å². The zero-order valence-electron chi connectivity index (χ0n) is 15.7. The average molecular weight is 389 g/mol. The number of halogens is 1. The Kier molecular flexibility index (Phi) is 6.35. The first kappa shape index (κ1) is 20.1. The molecule has 0 bridgehead atoms. The molecule has 3 nitrogen and oxygen atoms in total. The van der Waals surface area contributed by atoms with Crippen LogP contribution in [0.4, 0.5) is 4.39 Å². The Morgan fingerprint density at radius 2 is 1.93 bits per heavy atom. The summed E-state index contributed by atoms with van der Waals surface area (Å²) in [6, 6.07) is 12.2. The maximum atomic E-state index is 14.2. The summed E-state index contributed by atoms with van der Waals surface area (Å²) in [5.41, 5.74) is 1.73. The molecule has 2 aromatic carbocycles. The molecular formula is C22H25FO3S. The number of hydrogen-bond acceptors (Lipinski definition) is 4. The lowest BCUT2D eigenvalue weighted by molar-refractivity contribution is -0.0955. The summed E-state index contributed by atoms with van der Waals surface area (Å²) in [6.07, 6.45) is 1.77. The third-order valence-electron chi connectivity index (χ3n) is 5.39. The number of methoxy groups -OCH3 is 1. The van der Waals surface area contributed by atoms with Crippen molar-refractivity contribution in [1.82, 2.24) is 0 Å². The van der Waals surface area contributed by atoms with E-state index in [1.54, 1.807) is 7.11 Å². The van der Waals surface area contributed by atoms with Crippen LogP contribution in [0.5, 0.6) is 0 Å². The Bertz CT molecular complexity index is 801. The van der Waals surface area contributed by atoms with Crippen molar-refractivity contribution in [2.75, 3.05) is 20.3 Å². The number of benzene rings is 2. The van der Waals surface area contributed by atoms with Crippen molar-refractivity contribution in [3.63, 3.8) is 0 Å². The lowest BCUT2D eigenvalue weighted by Crippen LogP contribution is -2.37. The van der Waals surface area contributed by atoms with Crippen molar-refractivity contribution in [2.24, 2.45) is 5.92 Å². The summed E-state index contributed by atoms with van der Waals surface area (Å²) in [6.45, 7) is 3.02. The van der Waals surface area contributed by atoms with Crippen molar-refractivity contribution in [2.45, 2.75) is 36.7 Å². The van der Waals surface area contributed by atoms with Gasteiger partial charge in [0.25, 0.3) is 0 Å². The van der Waals surface area contributed by atoms with Crippen LogP contribution in [0.1, 0.15) is 41.3 Å². The van der Waals surface area contributed by atoms with Crippen LogP contribution in [-0.2, 0) is 21.5 Å². The van der Waals surface area contributed by atoms with E-state index < -0.39 is 5.60 Å². The Morgan fingerprint density at radius 3 is 2.56 bits per heavy atom. The molecule has 0 aliphatic carbocycles. The first-order valence-electron chi connectivity index (χ1n) is 9.21. The summed E-state index contributed by atoms with van der Waals surface area (Å²) < 4.78 is 25.6. The summed E-state index contributed by atoms with van der Waals surface area (Å²) >= 11 is 4.53. The van der Waals surface area contributed by atoms with Gasteiger partial charge in [-0.1, -0.05) is 37.3 Å². The molecule has 0 saturated carbocycles. The van der Waals surface area contributed by atoms with Crippen molar-refractivity contribution in [1.29, 1.82) is 0 Å². The number of Topliss-reactive ketones (excluding diaryl/α,β-unsaturated/α-hetero) is 1. The molecule has 1 unspecified atom stereocenters. The van der Waals surface area contributed by atoms with Crippen molar-refractivity contribution < 1.29 is 18.7 Å². The maximum absolute atomic E-state index is 14.2. The average Bonchev–Trinajstić information content (AvgIpc) is 2.70. The fourth-order valence-electron chi connectivity index (χ4n) is 3.81. The van der Waals surface area contributed by atoms with E-state index in [0.717, 1.165) is 11.1 Å². The third-order valence-corrected chi connectivity index (χ3v) is 5.79. The number of carbonyl (C=O) groups is 1. The molecule has 1 atom stereocenters. The zero-order valence-corrected chi connectivity index (χ0v) is 16.6. The van der Waals surface area contributed by atoms with Gasteiger partial charge < -0.3 is 9.47 Å². The van der Waals surface area contributed by atoms with Crippen LogP contribution in [0.25, 0.3) is 0 Å². The molecule has 1 aliphatic rings. The molecule has 1 aliphatic heterocycles. The fraction of sp³-hybridized carbons (Fsp3) is 0.409. The van der Waals surface area contributed by atoms with Gasteiger partial charge >= 0.3 is 0 Å². The van der Waals surface area contributed by atoms with Crippen LogP contribution in [0.3, 0.4) is 0 Å². The van der Waals surface area contributed by atoms with Gasteiger partial charge in [0.05, 0.1) is 5.60 Å². The standard InChI is InChI=1S/C22H25FO3S/c1-15(21(24)16-6-4-3-5-7-16)12-18-19(13-17(23)14-20(18)27)22(25-2)8-10-26-11-9-22/h3-7,13-15,27H,8-12H2,1-2H3. The van der Waals surface area contributed by atoms with Crippen LogP contribution in [-0.4, -0.2) is 26.1 Å². The van der Waals surface area contributed by atoms with Gasteiger partial charge in [-0.25, -0.2) is 4.39 Å². The Balaban J connectivity index is 1.96. The molecule has 144 valence electrons. The second kappa shape index (κ2) is 8.55. The molecule has 1 saturated heterocycles. The van der Waals surface area contributed by atoms with Gasteiger partial charge in [0, 0.05) is 49.5 Å². The third kappa shape index (κ3) is 4.26. The summed E-state index contributed by atoms with van der Waals surface area (Å²) in [5.74, 6) is -0.531. The Hall–Kier alpha value is -1.69. The zero-order chi connectivity index (χ0) is 19.4. The van der Waals surface area contributed by atoms with Crippen LogP contribution < -0.4 is 0 Å². The highest BCUT2D eigenvalue weighted by molar-refractivity contribution is 7.80. The number of ether oxygens (including phenoxy) is 2. The quantitative estimate of drug-likeness (QED) is 0.569. The fourth-order valence-corrected chi connectivity index (χ4v) is 4.15. The molecule has 0 aromatic heterocycles. The molecule has 0 radical (unpaired) electrons. The van der Waals surface area contributed by atoms with E-state index in [0.29, 0.717) is 42.9 Å². The molecule has 0 spiro atoms. The molecule has 0 N–H and O–H groups in total. The normalized spacial score (nSPS) is 17.5. The molecule has 0 amide bonds. The molecular weight excluding hydrogens is 363 g/mol. The van der Waals surface area contributed by atoms with E-state index in [1.807, 2.05) is 37.3 Å². The lowest BCUT2D eigenvalue weighted by Gasteiger charge is -2.38. The molecule has 5 heteroatoms. The first-order chi connectivity index (χ1) is 13.0. The van der Waals surface area contributed by atoms with Gasteiger partial charge in [-0.05, 0) is 29.7 Å². The highest BCUT2D eigenvalue weighted by Gasteiger charge is 2.37. The molecule has 27 heavy (non-hydrogen) atoms. The van der Waals surface area contributed by atoms with E-state index in [-0.39, 0.29) is 17.5 Å². The van der Waals surface area contributed by atoms with Crippen molar-refractivity contribution in [3.05, 3.63) is 65.0 Å². The maximum Gasteiger partial charge on any atom is 0.165 e. The first-order valence-corrected chi connectivity index (χ1v) is 9.65. The topological polar surface area (TPSA) is 35.5 Å². The van der Waals surface area contributed by atoms with Gasteiger partial charge in [0.1, 0.15) is 5.82 Å². The van der Waals surface area contributed by atoms with E-state index in [1.165, 1.54) is 12.1 Å². The highest BCUT2D eigenvalue weighted by Crippen LogP contribution is 2.40. The van der Waals surface area contributed by atoms with Gasteiger partial charge in [0.2, 0.25) is 0 Å². The lowest BCUT2D eigenvalue weighted by atomic mass is 9.80. The van der Waals surface area contributed by atoms with Crippen LogP contribution in [0, 0.1) is 11.7 Å². The Labute approximate surface area is 165 Å². The van der Waals surface area contributed by atoms with E-state index >= 15 is 0 Å². The second-order valence-electron chi connectivity index (χ2n) is 7.10. The number of thiol groups is 1. The van der Waals surface area contributed by atoms with Gasteiger partial charge in [0.15, 0.2) is 5.78 Å². The summed E-state index contributed by atoms with van der Waals surface area (Å²) in [4.78, 5) is 13.4. The predicted octanol–water partition coefficient (Wildman–Crippen LogP) is 4.83. The molecule has 1 fully saturated rings.